The van der Waals surface area contributed by atoms with E-state index >= 15 is 0 Å². The molecule has 0 aliphatic rings. The van der Waals surface area contributed by atoms with Gasteiger partial charge in [-0.25, -0.2) is 4.98 Å². The number of phenolic OH excluding ortho intramolecular Hbond substituents is 1. The van der Waals surface area contributed by atoms with Crippen LogP contribution < -0.4 is 10.2 Å². The van der Waals surface area contributed by atoms with Crippen LogP contribution in [0.3, 0.4) is 0 Å². The molecule has 1 aromatic heterocycles. The number of phenols is 1. The molecule has 0 aliphatic carbocycles. The number of nitrogens with zero attached hydrogens (tertiary/aromatic N) is 3. The molecule has 22 heavy (non-hydrogen) atoms. The highest BCUT2D eigenvalue weighted by atomic mass is 16.3. The van der Waals surface area contributed by atoms with Gasteiger partial charge in [-0.15, -0.1) is 0 Å². The molecule has 0 aliphatic heterocycles. The summed E-state index contributed by atoms with van der Waals surface area (Å²) < 4.78 is 0. The van der Waals surface area contributed by atoms with Gasteiger partial charge in [-0.05, 0) is 36.4 Å². The first-order valence-electron chi connectivity index (χ1n) is 6.81. The van der Waals surface area contributed by atoms with E-state index in [-0.39, 0.29) is 5.75 Å². The van der Waals surface area contributed by atoms with Crippen LogP contribution in [0.1, 0.15) is 0 Å². The summed E-state index contributed by atoms with van der Waals surface area (Å²) in [7, 11) is 1.94. The van der Waals surface area contributed by atoms with Crippen LogP contribution in [0.2, 0.25) is 0 Å². The van der Waals surface area contributed by atoms with Crippen molar-refractivity contribution in [1.82, 2.24) is 9.97 Å². The minimum Gasteiger partial charge on any atom is -0.508 e. The van der Waals surface area contributed by atoms with E-state index in [2.05, 4.69) is 21.4 Å². The van der Waals surface area contributed by atoms with Gasteiger partial charge in [0.25, 0.3) is 0 Å². The standard InChI is InChI=1S/C17H15N4O/c1-21(14-7-3-2-4-8-14)16-10-11-18-17(20-16)19-13-6-5-9-15(22)12-13/h3-12,22H,1H3,(H,18,19,20). The lowest BCUT2D eigenvalue weighted by atomic mass is 10.3. The van der Waals surface area contributed by atoms with Gasteiger partial charge in [-0.1, -0.05) is 18.2 Å². The summed E-state index contributed by atoms with van der Waals surface area (Å²) in [6, 6.07) is 19.3. The Morgan fingerprint density at radius 2 is 1.95 bits per heavy atom. The zero-order valence-electron chi connectivity index (χ0n) is 12.1. The van der Waals surface area contributed by atoms with E-state index < -0.39 is 0 Å². The maximum atomic E-state index is 9.49. The van der Waals surface area contributed by atoms with Crippen molar-refractivity contribution in [3.05, 3.63) is 66.9 Å². The maximum Gasteiger partial charge on any atom is 0.229 e. The van der Waals surface area contributed by atoms with E-state index in [1.807, 2.05) is 48.3 Å². The summed E-state index contributed by atoms with van der Waals surface area (Å²) in [6.45, 7) is 0. The number of hydrogen-bond acceptors (Lipinski definition) is 5. The van der Waals surface area contributed by atoms with Gasteiger partial charge in [0.15, 0.2) is 0 Å². The smallest absolute Gasteiger partial charge is 0.229 e. The molecule has 0 atom stereocenters. The maximum absolute atomic E-state index is 9.49. The molecule has 0 saturated carbocycles. The number of rotatable bonds is 4. The summed E-state index contributed by atoms with van der Waals surface area (Å²) in [5.74, 6) is 1.43. The Hall–Kier alpha value is -3.08. The van der Waals surface area contributed by atoms with Crippen LogP contribution in [0.15, 0.2) is 60.8 Å². The van der Waals surface area contributed by atoms with Crippen molar-refractivity contribution in [3.8, 4) is 5.75 Å². The summed E-state index contributed by atoms with van der Waals surface area (Å²) in [4.78, 5) is 10.7. The Morgan fingerprint density at radius 1 is 1.14 bits per heavy atom. The predicted octanol–water partition coefficient (Wildman–Crippen LogP) is 3.49. The molecule has 0 fully saturated rings. The van der Waals surface area contributed by atoms with Gasteiger partial charge in [0, 0.05) is 30.7 Å². The van der Waals surface area contributed by atoms with Crippen molar-refractivity contribution < 1.29 is 5.11 Å². The topological polar surface area (TPSA) is 61.3 Å². The summed E-state index contributed by atoms with van der Waals surface area (Å²) in [6.07, 6.45) is 1.69. The van der Waals surface area contributed by atoms with Crippen LogP contribution in [-0.4, -0.2) is 22.1 Å². The van der Waals surface area contributed by atoms with Crippen LogP contribution in [0.5, 0.6) is 5.75 Å². The second kappa shape index (κ2) is 6.13. The van der Waals surface area contributed by atoms with E-state index in [4.69, 9.17) is 0 Å². The van der Waals surface area contributed by atoms with Gasteiger partial charge in [0.1, 0.15) is 11.6 Å². The SMILES string of the molecule is CN(c1cc[c]cc1)c1ccnc(Nc2cccc(O)c2)n1. The van der Waals surface area contributed by atoms with E-state index in [1.165, 1.54) is 0 Å². The second-order valence-electron chi connectivity index (χ2n) is 4.73. The largest absolute Gasteiger partial charge is 0.508 e. The first kappa shape index (κ1) is 13.9. The van der Waals surface area contributed by atoms with Crippen LogP contribution >= 0.6 is 0 Å². The molecule has 3 rings (SSSR count). The number of anilines is 4. The molecule has 3 aromatic rings. The van der Waals surface area contributed by atoms with Crippen molar-refractivity contribution in [1.29, 1.82) is 0 Å². The van der Waals surface area contributed by atoms with Gasteiger partial charge < -0.3 is 15.3 Å². The van der Waals surface area contributed by atoms with E-state index in [0.29, 0.717) is 5.95 Å². The normalized spacial score (nSPS) is 10.2. The van der Waals surface area contributed by atoms with Crippen LogP contribution in [0.4, 0.5) is 23.1 Å². The molecule has 0 amide bonds. The number of aromatic hydroxyl groups is 1. The third kappa shape index (κ3) is 3.15. The summed E-state index contributed by atoms with van der Waals surface area (Å²) >= 11 is 0. The minimum absolute atomic E-state index is 0.193. The molecule has 5 nitrogen and oxygen atoms in total. The lowest BCUT2D eigenvalue weighted by Gasteiger charge is -2.18. The molecule has 5 heteroatoms. The molecular formula is C17H15N4O. The van der Waals surface area contributed by atoms with Gasteiger partial charge in [-0.3, -0.25) is 0 Å². The van der Waals surface area contributed by atoms with Crippen molar-refractivity contribution in [2.45, 2.75) is 0 Å². The molecule has 2 aromatic carbocycles. The third-order valence-electron chi connectivity index (χ3n) is 3.17. The molecule has 109 valence electrons. The average molecular weight is 291 g/mol. The highest BCUT2D eigenvalue weighted by Crippen LogP contribution is 2.23. The number of hydrogen-bond donors (Lipinski definition) is 2. The fourth-order valence-electron chi connectivity index (χ4n) is 2.04. The molecule has 0 unspecified atom stereocenters. The van der Waals surface area contributed by atoms with Gasteiger partial charge in [0.05, 0.1) is 0 Å². The van der Waals surface area contributed by atoms with Crippen molar-refractivity contribution in [2.75, 3.05) is 17.3 Å². The van der Waals surface area contributed by atoms with Gasteiger partial charge >= 0.3 is 0 Å². The van der Waals surface area contributed by atoms with Crippen molar-refractivity contribution in [2.24, 2.45) is 0 Å². The lowest BCUT2D eigenvalue weighted by Crippen LogP contribution is -2.12. The van der Waals surface area contributed by atoms with Crippen LogP contribution in [0, 0.1) is 6.07 Å². The second-order valence-corrected chi connectivity index (χ2v) is 4.73. The van der Waals surface area contributed by atoms with Crippen molar-refractivity contribution >= 4 is 23.1 Å². The van der Waals surface area contributed by atoms with Crippen LogP contribution in [0.25, 0.3) is 0 Å². The Labute approximate surface area is 128 Å². The fraction of sp³-hybridized carbons (Fsp3) is 0.0588. The average Bonchev–Trinajstić information content (AvgIpc) is 2.55. The number of benzene rings is 2. The van der Waals surface area contributed by atoms with E-state index in [9.17, 15) is 5.11 Å². The zero-order valence-corrected chi connectivity index (χ0v) is 12.1. The van der Waals surface area contributed by atoms with E-state index in [1.54, 1.807) is 24.4 Å². The van der Waals surface area contributed by atoms with Crippen LogP contribution in [-0.2, 0) is 0 Å². The fourth-order valence-corrected chi connectivity index (χ4v) is 2.04. The molecule has 0 bridgehead atoms. The summed E-state index contributed by atoms with van der Waals surface area (Å²) in [5.41, 5.74) is 1.75. The number of aromatic nitrogens is 2. The molecular weight excluding hydrogens is 276 g/mol. The Morgan fingerprint density at radius 3 is 2.73 bits per heavy atom. The molecule has 2 N–H and O–H groups in total. The van der Waals surface area contributed by atoms with Crippen molar-refractivity contribution in [3.63, 3.8) is 0 Å². The first-order chi connectivity index (χ1) is 10.7. The first-order valence-corrected chi connectivity index (χ1v) is 6.81. The molecule has 0 spiro atoms. The zero-order chi connectivity index (χ0) is 15.4. The minimum atomic E-state index is 0.193. The molecule has 1 radical (unpaired) electrons. The Kier molecular flexibility index (Phi) is 3.87. The molecule has 0 saturated heterocycles. The lowest BCUT2D eigenvalue weighted by molar-refractivity contribution is 0.475. The molecule has 1 heterocycles. The Balaban J connectivity index is 1.83. The predicted molar refractivity (Wildman–Crippen MR) is 86.8 cm³/mol. The Bertz CT molecular complexity index is 761. The quantitative estimate of drug-likeness (QED) is 0.770. The van der Waals surface area contributed by atoms with Gasteiger partial charge in [0.2, 0.25) is 5.95 Å². The van der Waals surface area contributed by atoms with E-state index in [0.717, 1.165) is 17.2 Å². The summed E-state index contributed by atoms with van der Waals surface area (Å²) in [5, 5.41) is 12.6. The van der Waals surface area contributed by atoms with Gasteiger partial charge in [-0.2, -0.15) is 4.98 Å². The number of nitrogens with one attached hydrogen (secondary N) is 1. The monoisotopic (exact) mass is 291 g/mol. The highest BCUT2D eigenvalue weighted by Gasteiger charge is 2.07. The highest BCUT2D eigenvalue weighted by molar-refractivity contribution is 5.61. The third-order valence-corrected chi connectivity index (χ3v) is 3.17.